The Kier molecular flexibility index (Phi) is 5.07. The monoisotopic (exact) mass is 354 g/mol. The first-order valence-electron chi connectivity index (χ1n) is 7.83. The lowest BCUT2D eigenvalue weighted by Crippen LogP contribution is -2.30. The van der Waals surface area contributed by atoms with Crippen molar-refractivity contribution in [3.63, 3.8) is 0 Å². The van der Waals surface area contributed by atoms with Crippen molar-refractivity contribution in [1.82, 2.24) is 4.90 Å². The third-order valence-corrected chi connectivity index (χ3v) is 3.80. The van der Waals surface area contributed by atoms with Gasteiger partial charge in [-0.15, -0.1) is 0 Å². The van der Waals surface area contributed by atoms with Gasteiger partial charge >= 0.3 is 0 Å². The molecule has 0 spiro atoms. The second kappa shape index (κ2) is 7.60. The van der Waals surface area contributed by atoms with Crippen LogP contribution < -0.4 is 0 Å². The van der Waals surface area contributed by atoms with Gasteiger partial charge in [0.1, 0.15) is 11.6 Å². The van der Waals surface area contributed by atoms with Crippen molar-refractivity contribution < 1.29 is 18.5 Å². The first-order valence-corrected chi connectivity index (χ1v) is 7.83. The number of non-ortho nitro benzene ring substituents is 1. The third kappa shape index (κ3) is 4.13. The van der Waals surface area contributed by atoms with E-state index in [9.17, 15) is 19.3 Å². The van der Waals surface area contributed by atoms with Crippen molar-refractivity contribution in [2.45, 2.75) is 13.1 Å². The summed E-state index contributed by atoms with van der Waals surface area (Å²) in [5, 5.41) is 11.0. The first kappa shape index (κ1) is 17.3. The molecule has 0 aliphatic rings. The average Bonchev–Trinajstić information content (AvgIpc) is 3.15. The lowest BCUT2D eigenvalue weighted by atomic mass is 10.1. The first-order chi connectivity index (χ1) is 12.5. The van der Waals surface area contributed by atoms with Gasteiger partial charge in [-0.25, -0.2) is 4.39 Å². The van der Waals surface area contributed by atoms with E-state index in [1.54, 1.807) is 24.3 Å². The Morgan fingerprint density at radius 2 is 1.85 bits per heavy atom. The molecule has 1 aromatic heterocycles. The van der Waals surface area contributed by atoms with Crippen molar-refractivity contribution in [3.05, 3.63) is 99.7 Å². The number of carbonyl (C=O) groups is 1. The lowest BCUT2D eigenvalue weighted by Gasteiger charge is -2.22. The molecular formula is C19H15FN2O4. The normalized spacial score (nSPS) is 10.5. The van der Waals surface area contributed by atoms with E-state index in [4.69, 9.17) is 4.42 Å². The molecule has 0 aliphatic carbocycles. The summed E-state index contributed by atoms with van der Waals surface area (Å²) in [6.07, 6.45) is 1.50. The fraction of sp³-hybridized carbons (Fsp3) is 0.105. The molecule has 0 N–H and O–H groups in total. The fourth-order valence-electron chi connectivity index (χ4n) is 2.54. The summed E-state index contributed by atoms with van der Waals surface area (Å²) in [5.41, 5.74) is 0.778. The second-order valence-corrected chi connectivity index (χ2v) is 5.67. The molecule has 1 heterocycles. The number of carbonyl (C=O) groups excluding carboxylic acids is 1. The minimum absolute atomic E-state index is 0.157. The van der Waals surface area contributed by atoms with Crippen molar-refractivity contribution >= 4 is 11.6 Å². The molecule has 0 saturated heterocycles. The van der Waals surface area contributed by atoms with Crippen LogP contribution in [0.5, 0.6) is 0 Å². The lowest BCUT2D eigenvalue weighted by molar-refractivity contribution is -0.384. The van der Waals surface area contributed by atoms with E-state index in [-0.39, 0.29) is 36.1 Å². The van der Waals surface area contributed by atoms with Gasteiger partial charge in [0.2, 0.25) is 0 Å². The summed E-state index contributed by atoms with van der Waals surface area (Å²) in [7, 11) is 0. The number of halogens is 1. The van der Waals surface area contributed by atoms with Crippen LogP contribution in [0.15, 0.2) is 71.3 Å². The molecule has 0 unspecified atom stereocenters. The molecule has 2 aromatic carbocycles. The molecule has 132 valence electrons. The number of benzene rings is 2. The van der Waals surface area contributed by atoms with E-state index in [1.165, 1.54) is 47.6 Å². The molecule has 6 nitrogen and oxygen atoms in total. The maximum atomic E-state index is 13.1. The largest absolute Gasteiger partial charge is 0.467 e. The standard InChI is InChI=1S/C19H15FN2O4/c20-16-8-6-14(7-9-16)12-21(13-18-5-2-10-26-18)19(23)15-3-1-4-17(11-15)22(24)25/h1-11H,12-13H2. The van der Waals surface area contributed by atoms with Gasteiger partial charge in [-0.1, -0.05) is 18.2 Å². The molecule has 0 radical (unpaired) electrons. The molecular weight excluding hydrogens is 339 g/mol. The van der Waals surface area contributed by atoms with Crippen LogP contribution in [0.3, 0.4) is 0 Å². The quantitative estimate of drug-likeness (QED) is 0.492. The minimum Gasteiger partial charge on any atom is -0.467 e. The van der Waals surface area contributed by atoms with Gasteiger partial charge in [-0.2, -0.15) is 0 Å². The maximum Gasteiger partial charge on any atom is 0.270 e. The summed E-state index contributed by atoms with van der Waals surface area (Å²) >= 11 is 0. The van der Waals surface area contributed by atoms with Crippen LogP contribution in [0.1, 0.15) is 21.7 Å². The van der Waals surface area contributed by atoms with Gasteiger partial charge in [0, 0.05) is 24.2 Å². The number of hydrogen-bond donors (Lipinski definition) is 0. The van der Waals surface area contributed by atoms with E-state index >= 15 is 0 Å². The zero-order chi connectivity index (χ0) is 18.5. The molecule has 3 rings (SSSR count). The molecule has 0 bridgehead atoms. The topological polar surface area (TPSA) is 76.6 Å². The molecule has 0 saturated carbocycles. The van der Waals surface area contributed by atoms with Gasteiger partial charge in [-0.3, -0.25) is 14.9 Å². The summed E-state index contributed by atoms with van der Waals surface area (Å²) in [4.78, 5) is 24.8. The molecule has 0 aliphatic heterocycles. The van der Waals surface area contributed by atoms with Crippen molar-refractivity contribution in [2.75, 3.05) is 0 Å². The van der Waals surface area contributed by atoms with Gasteiger partial charge in [-0.05, 0) is 35.9 Å². The highest BCUT2D eigenvalue weighted by atomic mass is 19.1. The molecule has 0 atom stereocenters. The molecule has 0 fully saturated rings. The van der Waals surface area contributed by atoms with Gasteiger partial charge in [0.05, 0.1) is 17.7 Å². The van der Waals surface area contributed by atoms with Crippen LogP contribution in [0.4, 0.5) is 10.1 Å². The Bertz CT molecular complexity index is 908. The highest BCUT2D eigenvalue weighted by Crippen LogP contribution is 2.18. The highest BCUT2D eigenvalue weighted by Gasteiger charge is 2.20. The fourth-order valence-corrected chi connectivity index (χ4v) is 2.54. The van der Waals surface area contributed by atoms with E-state index in [0.29, 0.717) is 5.76 Å². The summed E-state index contributed by atoms with van der Waals surface area (Å²) in [6, 6.07) is 14.8. The van der Waals surface area contributed by atoms with Crippen molar-refractivity contribution in [2.24, 2.45) is 0 Å². The SMILES string of the molecule is O=C(c1cccc([N+](=O)[O-])c1)N(Cc1ccc(F)cc1)Cc1ccco1. The Morgan fingerprint density at radius 3 is 2.50 bits per heavy atom. The number of nitro benzene ring substituents is 1. The van der Waals surface area contributed by atoms with Gasteiger partial charge in [0.15, 0.2) is 0 Å². The Labute approximate surface area is 148 Å². The van der Waals surface area contributed by atoms with Crippen LogP contribution >= 0.6 is 0 Å². The van der Waals surface area contributed by atoms with Crippen molar-refractivity contribution in [1.29, 1.82) is 0 Å². The number of rotatable bonds is 6. The summed E-state index contributed by atoms with van der Waals surface area (Å²) in [6.45, 7) is 0.397. The third-order valence-electron chi connectivity index (χ3n) is 3.80. The molecule has 3 aromatic rings. The zero-order valence-corrected chi connectivity index (χ0v) is 13.7. The van der Waals surface area contributed by atoms with E-state index < -0.39 is 4.92 Å². The maximum absolute atomic E-state index is 13.1. The minimum atomic E-state index is -0.548. The number of nitro groups is 1. The summed E-state index contributed by atoms with van der Waals surface area (Å²) < 4.78 is 18.4. The number of nitrogens with zero attached hydrogens (tertiary/aromatic N) is 2. The van der Waals surface area contributed by atoms with Crippen LogP contribution in [-0.4, -0.2) is 15.7 Å². The predicted molar refractivity (Wildman–Crippen MR) is 91.8 cm³/mol. The van der Waals surface area contributed by atoms with E-state index in [1.807, 2.05) is 0 Å². The Hall–Kier alpha value is -3.48. The molecule has 26 heavy (non-hydrogen) atoms. The van der Waals surface area contributed by atoms with E-state index in [0.717, 1.165) is 5.56 Å². The van der Waals surface area contributed by atoms with Crippen LogP contribution in [-0.2, 0) is 13.1 Å². The van der Waals surface area contributed by atoms with Gasteiger partial charge < -0.3 is 9.32 Å². The van der Waals surface area contributed by atoms with Crippen LogP contribution in [0.25, 0.3) is 0 Å². The van der Waals surface area contributed by atoms with E-state index in [2.05, 4.69) is 0 Å². The molecule has 1 amide bonds. The number of furan rings is 1. The van der Waals surface area contributed by atoms with Crippen LogP contribution in [0, 0.1) is 15.9 Å². The molecule has 7 heteroatoms. The van der Waals surface area contributed by atoms with Gasteiger partial charge in [0.25, 0.3) is 11.6 Å². The van der Waals surface area contributed by atoms with Crippen molar-refractivity contribution in [3.8, 4) is 0 Å². The smallest absolute Gasteiger partial charge is 0.270 e. The van der Waals surface area contributed by atoms with Crippen LogP contribution in [0.2, 0.25) is 0 Å². The number of amides is 1. The average molecular weight is 354 g/mol. The highest BCUT2D eigenvalue weighted by molar-refractivity contribution is 5.94. The second-order valence-electron chi connectivity index (χ2n) is 5.67. The Balaban J connectivity index is 1.88. The zero-order valence-electron chi connectivity index (χ0n) is 13.7. The number of hydrogen-bond acceptors (Lipinski definition) is 4. The predicted octanol–water partition coefficient (Wildman–Crippen LogP) is 4.17. The Morgan fingerprint density at radius 1 is 1.08 bits per heavy atom. The summed E-state index contributed by atoms with van der Waals surface area (Å²) in [5.74, 6) is -0.170.